The lowest BCUT2D eigenvalue weighted by atomic mass is 9.91. The van der Waals surface area contributed by atoms with E-state index >= 15 is 0 Å². The summed E-state index contributed by atoms with van der Waals surface area (Å²) in [6, 6.07) is 3.82. The number of ether oxygens (including phenoxy) is 1. The molecule has 0 bridgehead atoms. The molecule has 1 fully saturated rings. The number of carbonyl (C=O) groups excluding carboxylic acids is 1. The smallest absolute Gasteiger partial charge is 0.252 e. The van der Waals surface area contributed by atoms with Gasteiger partial charge in [-0.25, -0.2) is 12.7 Å². The zero-order chi connectivity index (χ0) is 18.3. The van der Waals surface area contributed by atoms with Crippen LogP contribution in [0.1, 0.15) is 31.7 Å². The average molecular weight is 369 g/mol. The molecule has 0 spiro atoms. The van der Waals surface area contributed by atoms with Gasteiger partial charge in [-0.3, -0.25) is 9.78 Å². The lowest BCUT2D eigenvalue weighted by Gasteiger charge is -2.38. The summed E-state index contributed by atoms with van der Waals surface area (Å²) in [5, 5.41) is 2.91. The second-order valence-electron chi connectivity index (χ2n) is 6.28. The van der Waals surface area contributed by atoms with Gasteiger partial charge in [-0.1, -0.05) is 13.0 Å². The third kappa shape index (κ3) is 4.99. The molecule has 2 heterocycles. The van der Waals surface area contributed by atoms with Gasteiger partial charge in [-0.15, -0.1) is 0 Å². The number of piperidine rings is 1. The number of nitrogens with one attached hydrogen (secondary N) is 1. The summed E-state index contributed by atoms with van der Waals surface area (Å²) in [4.78, 5) is 16.7. The van der Waals surface area contributed by atoms with Crippen LogP contribution in [-0.2, 0) is 26.0 Å². The van der Waals surface area contributed by atoms with Crippen LogP contribution in [0.5, 0.6) is 0 Å². The third-order valence-corrected chi connectivity index (χ3v) is 6.69. The lowest BCUT2D eigenvalue weighted by Crippen LogP contribution is -2.56. The molecule has 7 nitrogen and oxygen atoms in total. The highest BCUT2D eigenvalue weighted by molar-refractivity contribution is 7.89. The molecule has 8 heteroatoms. The Hall–Kier alpha value is -1.51. The molecule has 1 aromatic heterocycles. The minimum absolute atomic E-state index is 0.143. The molecule has 0 radical (unpaired) electrons. The van der Waals surface area contributed by atoms with E-state index in [1.54, 1.807) is 12.4 Å². The van der Waals surface area contributed by atoms with Crippen LogP contribution in [-0.4, -0.2) is 61.7 Å². The summed E-state index contributed by atoms with van der Waals surface area (Å²) in [6.07, 6.45) is 5.49. The number of pyridine rings is 1. The van der Waals surface area contributed by atoms with E-state index in [0.29, 0.717) is 45.3 Å². The fourth-order valence-corrected chi connectivity index (χ4v) is 4.58. The Bertz CT molecular complexity index is 656. The van der Waals surface area contributed by atoms with E-state index in [1.807, 2.05) is 19.1 Å². The Kier molecular flexibility index (Phi) is 6.92. The maximum Gasteiger partial charge on any atom is 0.252 e. The van der Waals surface area contributed by atoms with Crippen LogP contribution in [0.3, 0.4) is 0 Å². The minimum atomic E-state index is -3.23. The van der Waals surface area contributed by atoms with Gasteiger partial charge in [0, 0.05) is 39.1 Å². The molecule has 1 amide bonds. The summed E-state index contributed by atoms with van der Waals surface area (Å²) in [5.74, 6) is -0.0315. The van der Waals surface area contributed by atoms with Crippen LogP contribution in [0, 0.1) is 0 Å². The van der Waals surface area contributed by atoms with Gasteiger partial charge in [0.1, 0.15) is 5.60 Å². The Morgan fingerprint density at radius 3 is 2.68 bits per heavy atom. The standard InChI is InChI=1S/C17H27N3O4S/c1-3-13-25(22,23)20-11-7-17(24-2,8-12-20)16(21)19-10-6-15-5-4-9-18-14-15/h4-5,9,14H,3,6-8,10-13H2,1-2H3,(H,19,21). The van der Waals surface area contributed by atoms with Crippen LogP contribution in [0.2, 0.25) is 0 Å². The van der Waals surface area contributed by atoms with Gasteiger partial charge < -0.3 is 10.1 Å². The Morgan fingerprint density at radius 1 is 1.40 bits per heavy atom. The van der Waals surface area contributed by atoms with Crippen LogP contribution in [0.25, 0.3) is 0 Å². The number of sulfonamides is 1. The van der Waals surface area contributed by atoms with Crippen molar-refractivity contribution in [3.05, 3.63) is 30.1 Å². The zero-order valence-corrected chi connectivity index (χ0v) is 15.7. The van der Waals surface area contributed by atoms with Crippen molar-refractivity contribution < 1.29 is 17.9 Å². The van der Waals surface area contributed by atoms with Crippen molar-refractivity contribution in [3.63, 3.8) is 0 Å². The maximum atomic E-state index is 12.6. The number of carbonyl (C=O) groups is 1. The summed E-state index contributed by atoms with van der Waals surface area (Å²) in [7, 11) is -1.72. The second kappa shape index (κ2) is 8.73. The van der Waals surface area contributed by atoms with Crippen molar-refractivity contribution in [3.8, 4) is 0 Å². The largest absolute Gasteiger partial charge is 0.368 e. The van der Waals surface area contributed by atoms with Gasteiger partial charge >= 0.3 is 0 Å². The van der Waals surface area contributed by atoms with Gasteiger partial charge in [-0.05, 0) is 37.3 Å². The van der Waals surface area contributed by atoms with E-state index in [4.69, 9.17) is 4.74 Å². The molecule has 1 aliphatic heterocycles. The molecule has 140 valence electrons. The average Bonchev–Trinajstić information content (AvgIpc) is 2.62. The molecule has 1 saturated heterocycles. The molecule has 25 heavy (non-hydrogen) atoms. The van der Waals surface area contributed by atoms with Gasteiger partial charge in [0.15, 0.2) is 0 Å². The molecular weight excluding hydrogens is 342 g/mol. The van der Waals surface area contributed by atoms with Crippen LogP contribution >= 0.6 is 0 Å². The minimum Gasteiger partial charge on any atom is -0.368 e. The second-order valence-corrected chi connectivity index (χ2v) is 8.37. The number of aromatic nitrogens is 1. The number of rotatable bonds is 8. The summed E-state index contributed by atoms with van der Waals surface area (Å²) in [5.41, 5.74) is 0.0995. The van der Waals surface area contributed by atoms with Gasteiger partial charge in [0.2, 0.25) is 10.0 Å². The number of nitrogens with zero attached hydrogens (tertiary/aromatic N) is 2. The lowest BCUT2D eigenvalue weighted by molar-refractivity contribution is -0.148. The van der Waals surface area contributed by atoms with E-state index < -0.39 is 15.6 Å². The highest BCUT2D eigenvalue weighted by Crippen LogP contribution is 2.27. The topological polar surface area (TPSA) is 88.6 Å². The summed E-state index contributed by atoms with van der Waals surface area (Å²) < 4.78 is 31.3. The van der Waals surface area contributed by atoms with Crippen molar-refractivity contribution in [2.45, 2.75) is 38.2 Å². The van der Waals surface area contributed by atoms with E-state index in [9.17, 15) is 13.2 Å². The highest BCUT2D eigenvalue weighted by Gasteiger charge is 2.43. The molecule has 0 unspecified atom stereocenters. The summed E-state index contributed by atoms with van der Waals surface area (Å²) in [6.45, 7) is 2.96. The Balaban J connectivity index is 1.89. The zero-order valence-electron chi connectivity index (χ0n) is 14.9. The molecule has 1 aliphatic rings. The normalized spacial score (nSPS) is 18.0. The molecule has 0 aliphatic carbocycles. The van der Waals surface area contributed by atoms with Crippen LogP contribution < -0.4 is 5.32 Å². The highest BCUT2D eigenvalue weighted by atomic mass is 32.2. The first-order chi connectivity index (χ1) is 11.9. The predicted molar refractivity (Wildman–Crippen MR) is 95.6 cm³/mol. The maximum absolute atomic E-state index is 12.6. The molecule has 1 N–H and O–H groups in total. The molecule has 0 saturated carbocycles. The van der Waals surface area contributed by atoms with Crippen molar-refractivity contribution in [1.29, 1.82) is 0 Å². The first-order valence-corrected chi connectivity index (χ1v) is 10.2. The van der Waals surface area contributed by atoms with E-state index in [2.05, 4.69) is 10.3 Å². The van der Waals surface area contributed by atoms with Gasteiger partial charge in [0.05, 0.1) is 5.75 Å². The fourth-order valence-electron chi connectivity index (χ4n) is 3.06. The van der Waals surface area contributed by atoms with Crippen molar-refractivity contribution in [1.82, 2.24) is 14.6 Å². The van der Waals surface area contributed by atoms with Crippen molar-refractivity contribution in [2.75, 3.05) is 32.5 Å². The molecular formula is C17H27N3O4S. The third-order valence-electron chi connectivity index (χ3n) is 4.61. The van der Waals surface area contributed by atoms with Crippen LogP contribution in [0.4, 0.5) is 0 Å². The van der Waals surface area contributed by atoms with E-state index in [1.165, 1.54) is 11.4 Å². The quantitative estimate of drug-likeness (QED) is 0.737. The number of hydrogen-bond donors (Lipinski definition) is 1. The van der Waals surface area contributed by atoms with E-state index in [-0.39, 0.29) is 11.7 Å². The van der Waals surface area contributed by atoms with Crippen molar-refractivity contribution in [2.24, 2.45) is 0 Å². The molecule has 2 rings (SSSR count). The molecule has 0 atom stereocenters. The number of hydrogen-bond acceptors (Lipinski definition) is 5. The fraction of sp³-hybridized carbons (Fsp3) is 0.647. The van der Waals surface area contributed by atoms with Crippen molar-refractivity contribution >= 4 is 15.9 Å². The first-order valence-electron chi connectivity index (χ1n) is 8.64. The number of methoxy groups -OCH3 is 1. The molecule has 1 aromatic rings. The summed E-state index contributed by atoms with van der Waals surface area (Å²) >= 11 is 0. The monoisotopic (exact) mass is 369 g/mol. The predicted octanol–water partition coefficient (Wildman–Crippen LogP) is 0.961. The van der Waals surface area contributed by atoms with Crippen LogP contribution in [0.15, 0.2) is 24.5 Å². The molecule has 0 aromatic carbocycles. The van der Waals surface area contributed by atoms with Gasteiger partial charge in [0.25, 0.3) is 5.91 Å². The first kappa shape index (κ1) is 19.8. The van der Waals surface area contributed by atoms with E-state index in [0.717, 1.165) is 5.56 Å². The number of amides is 1. The SMILES string of the molecule is CCCS(=O)(=O)N1CCC(OC)(C(=O)NCCc2cccnc2)CC1. The van der Waals surface area contributed by atoms with Gasteiger partial charge in [-0.2, -0.15) is 0 Å². The Morgan fingerprint density at radius 2 is 2.12 bits per heavy atom. The Labute approximate surface area is 149 Å².